The van der Waals surface area contributed by atoms with Crippen LogP contribution >= 0.6 is 0 Å². The first-order valence-electron chi connectivity index (χ1n) is 10.2. The summed E-state index contributed by atoms with van der Waals surface area (Å²) in [6, 6.07) is 0.499. The van der Waals surface area contributed by atoms with Crippen LogP contribution < -0.4 is 5.73 Å². The Bertz CT molecular complexity index is 432. The second-order valence-electron chi connectivity index (χ2n) is 9.92. The molecular weight excluding hydrogens is 266 g/mol. The fourth-order valence-electron chi connectivity index (χ4n) is 8.07. The van der Waals surface area contributed by atoms with Crippen LogP contribution in [0.3, 0.4) is 0 Å². The molecule has 2 N–H and O–H groups in total. The van der Waals surface area contributed by atoms with Crippen molar-refractivity contribution in [3.63, 3.8) is 0 Å². The van der Waals surface area contributed by atoms with E-state index in [9.17, 15) is 0 Å². The van der Waals surface area contributed by atoms with E-state index < -0.39 is 0 Å². The lowest BCUT2D eigenvalue weighted by atomic mass is 9.44. The van der Waals surface area contributed by atoms with Crippen LogP contribution in [0.15, 0.2) is 0 Å². The molecule has 4 rings (SSSR count). The molecule has 8 atom stereocenters. The van der Waals surface area contributed by atoms with Crippen LogP contribution in [-0.4, -0.2) is 6.04 Å². The quantitative estimate of drug-likeness (QED) is 0.691. The summed E-state index contributed by atoms with van der Waals surface area (Å²) in [6.07, 6.45) is 14.5. The standard InChI is InChI=1S/C21H37N/c1-4-14-6-8-18-17-7-5-15-13-16(22)9-11-21(15,3)19(17)10-12-20(14,18)2/h14-19H,4-13,22H2,1-3H3/t14-,15?,16-,17?,18?,19?,20+,21-/m0/s1. The average Bonchev–Trinajstić information content (AvgIpc) is 2.84. The molecule has 4 unspecified atom stereocenters. The van der Waals surface area contributed by atoms with E-state index in [1.807, 2.05) is 0 Å². The first-order valence-corrected chi connectivity index (χ1v) is 10.2. The van der Waals surface area contributed by atoms with Crippen molar-refractivity contribution in [1.29, 1.82) is 0 Å². The van der Waals surface area contributed by atoms with Crippen LogP contribution in [0.25, 0.3) is 0 Å². The molecule has 4 saturated carbocycles. The van der Waals surface area contributed by atoms with E-state index >= 15 is 0 Å². The Hall–Kier alpha value is -0.0400. The van der Waals surface area contributed by atoms with E-state index in [0.29, 0.717) is 16.9 Å². The van der Waals surface area contributed by atoms with Gasteiger partial charge in [-0.2, -0.15) is 0 Å². The zero-order chi connectivity index (χ0) is 15.5. The van der Waals surface area contributed by atoms with Crippen molar-refractivity contribution in [3.05, 3.63) is 0 Å². The summed E-state index contributed by atoms with van der Waals surface area (Å²) in [7, 11) is 0. The van der Waals surface area contributed by atoms with Gasteiger partial charge in [-0.3, -0.25) is 0 Å². The molecule has 0 bridgehead atoms. The third-order valence-electron chi connectivity index (χ3n) is 9.40. The Morgan fingerprint density at radius 3 is 2.36 bits per heavy atom. The van der Waals surface area contributed by atoms with Gasteiger partial charge >= 0.3 is 0 Å². The van der Waals surface area contributed by atoms with Crippen molar-refractivity contribution in [2.45, 2.75) is 91.0 Å². The highest BCUT2D eigenvalue weighted by molar-refractivity contribution is 5.09. The van der Waals surface area contributed by atoms with Gasteiger partial charge in [-0.1, -0.05) is 27.2 Å². The van der Waals surface area contributed by atoms with E-state index in [-0.39, 0.29) is 0 Å². The van der Waals surface area contributed by atoms with Crippen LogP contribution in [0.1, 0.15) is 85.0 Å². The van der Waals surface area contributed by atoms with E-state index in [1.165, 1.54) is 64.2 Å². The lowest BCUT2D eigenvalue weighted by molar-refractivity contribution is -0.113. The van der Waals surface area contributed by atoms with Crippen molar-refractivity contribution in [2.75, 3.05) is 0 Å². The van der Waals surface area contributed by atoms with Gasteiger partial charge in [0.15, 0.2) is 0 Å². The smallest absolute Gasteiger partial charge is 0.00418 e. The van der Waals surface area contributed by atoms with Crippen LogP contribution in [0.5, 0.6) is 0 Å². The Morgan fingerprint density at radius 1 is 0.864 bits per heavy atom. The molecule has 0 spiro atoms. The van der Waals surface area contributed by atoms with E-state index in [1.54, 1.807) is 0 Å². The molecule has 0 aromatic carbocycles. The third kappa shape index (κ3) is 2.00. The molecule has 0 heterocycles. The number of fused-ring (bicyclic) bond motifs is 5. The van der Waals surface area contributed by atoms with Crippen molar-refractivity contribution < 1.29 is 0 Å². The summed E-state index contributed by atoms with van der Waals surface area (Å²) in [5, 5.41) is 0. The average molecular weight is 304 g/mol. The third-order valence-corrected chi connectivity index (χ3v) is 9.40. The minimum absolute atomic E-state index is 0.499. The summed E-state index contributed by atoms with van der Waals surface area (Å²) >= 11 is 0. The van der Waals surface area contributed by atoms with Gasteiger partial charge < -0.3 is 5.73 Å². The van der Waals surface area contributed by atoms with Crippen LogP contribution in [0.4, 0.5) is 0 Å². The molecule has 0 amide bonds. The van der Waals surface area contributed by atoms with Gasteiger partial charge in [0.1, 0.15) is 0 Å². The highest BCUT2D eigenvalue weighted by atomic mass is 14.7. The van der Waals surface area contributed by atoms with Crippen molar-refractivity contribution >= 4 is 0 Å². The Kier molecular flexibility index (Phi) is 3.68. The highest BCUT2D eigenvalue weighted by Gasteiger charge is 2.59. The molecule has 0 aliphatic heterocycles. The minimum atomic E-state index is 0.499. The van der Waals surface area contributed by atoms with Gasteiger partial charge in [-0.15, -0.1) is 0 Å². The highest BCUT2D eigenvalue weighted by Crippen LogP contribution is 2.67. The zero-order valence-corrected chi connectivity index (χ0v) is 15.1. The first kappa shape index (κ1) is 15.5. The molecule has 0 aromatic heterocycles. The molecule has 126 valence electrons. The topological polar surface area (TPSA) is 26.0 Å². The summed E-state index contributed by atoms with van der Waals surface area (Å²) in [4.78, 5) is 0. The SMILES string of the molecule is CC[C@H]1CCC2C3CCC4C[C@@H](N)CC[C@]4(C)C3CC[C@@]21C. The van der Waals surface area contributed by atoms with E-state index in [2.05, 4.69) is 20.8 Å². The Balaban J connectivity index is 1.61. The fraction of sp³-hybridized carbons (Fsp3) is 1.00. The van der Waals surface area contributed by atoms with Crippen molar-refractivity contribution in [1.82, 2.24) is 0 Å². The van der Waals surface area contributed by atoms with Gasteiger partial charge in [0.05, 0.1) is 0 Å². The zero-order valence-electron chi connectivity index (χ0n) is 15.1. The number of nitrogens with two attached hydrogens (primary N) is 1. The van der Waals surface area contributed by atoms with Gasteiger partial charge in [-0.25, -0.2) is 0 Å². The largest absolute Gasteiger partial charge is 0.328 e. The normalized spacial score (nSPS) is 57.8. The first-order chi connectivity index (χ1) is 10.5. The lowest BCUT2D eigenvalue weighted by Gasteiger charge is -2.61. The lowest BCUT2D eigenvalue weighted by Crippen LogP contribution is -2.54. The van der Waals surface area contributed by atoms with Gasteiger partial charge in [0.2, 0.25) is 0 Å². The predicted molar refractivity (Wildman–Crippen MR) is 93.5 cm³/mol. The van der Waals surface area contributed by atoms with Crippen LogP contribution in [0, 0.1) is 40.4 Å². The van der Waals surface area contributed by atoms with Crippen LogP contribution in [0.2, 0.25) is 0 Å². The molecule has 1 heteroatoms. The maximum Gasteiger partial charge on any atom is 0.00418 e. The van der Waals surface area contributed by atoms with Crippen molar-refractivity contribution in [2.24, 2.45) is 46.2 Å². The Labute approximate surface area is 137 Å². The van der Waals surface area contributed by atoms with Gasteiger partial charge in [0.25, 0.3) is 0 Å². The maximum absolute atomic E-state index is 6.31. The molecule has 4 fully saturated rings. The summed E-state index contributed by atoms with van der Waals surface area (Å²) in [6.45, 7) is 7.76. The van der Waals surface area contributed by atoms with E-state index in [4.69, 9.17) is 5.73 Å². The van der Waals surface area contributed by atoms with Crippen molar-refractivity contribution in [3.8, 4) is 0 Å². The molecular formula is C21H37N. The second-order valence-corrected chi connectivity index (χ2v) is 9.92. The fourth-order valence-corrected chi connectivity index (χ4v) is 8.07. The predicted octanol–water partition coefficient (Wildman–Crippen LogP) is 5.38. The van der Waals surface area contributed by atoms with Crippen LogP contribution in [-0.2, 0) is 0 Å². The van der Waals surface area contributed by atoms with E-state index in [0.717, 1.165) is 29.6 Å². The maximum atomic E-state index is 6.31. The summed E-state index contributed by atoms with van der Waals surface area (Å²) < 4.78 is 0. The summed E-state index contributed by atoms with van der Waals surface area (Å²) in [5.74, 6) is 5.07. The Morgan fingerprint density at radius 2 is 1.59 bits per heavy atom. The molecule has 0 aromatic rings. The van der Waals surface area contributed by atoms with Gasteiger partial charge in [0, 0.05) is 6.04 Å². The monoisotopic (exact) mass is 303 g/mol. The minimum Gasteiger partial charge on any atom is -0.328 e. The number of hydrogen-bond acceptors (Lipinski definition) is 1. The second kappa shape index (κ2) is 5.23. The number of rotatable bonds is 1. The number of hydrogen-bond donors (Lipinski definition) is 1. The molecule has 22 heavy (non-hydrogen) atoms. The molecule has 0 radical (unpaired) electrons. The molecule has 4 aliphatic rings. The molecule has 1 nitrogen and oxygen atoms in total. The van der Waals surface area contributed by atoms with Gasteiger partial charge in [-0.05, 0) is 98.2 Å². The molecule has 4 aliphatic carbocycles. The molecule has 0 saturated heterocycles. The summed E-state index contributed by atoms with van der Waals surface area (Å²) in [5.41, 5.74) is 7.63.